The number of carbonyl (C=O) groups is 1. The molecular formula is C12H14O4. The van der Waals surface area contributed by atoms with E-state index in [-0.39, 0.29) is 6.61 Å². The Bertz CT molecular complexity index is 343. The van der Waals surface area contributed by atoms with E-state index in [1.165, 1.54) is 0 Å². The van der Waals surface area contributed by atoms with Crippen LogP contribution in [-0.2, 0) is 9.53 Å². The fourth-order valence-electron chi connectivity index (χ4n) is 1.03. The highest BCUT2D eigenvalue weighted by Crippen LogP contribution is 2.16. The molecule has 0 amide bonds. The smallest absolute Gasteiger partial charge is 0.330 e. The normalized spacial score (nSPS) is 9.31. The first kappa shape index (κ1) is 12.1. The quantitative estimate of drug-likeness (QED) is 0.418. The van der Waals surface area contributed by atoms with E-state index in [0.717, 1.165) is 11.8 Å². The lowest BCUT2D eigenvalue weighted by Gasteiger charge is -2.06. The topological polar surface area (TPSA) is 44.8 Å². The average Bonchev–Trinajstić information content (AvgIpc) is 2.35. The average molecular weight is 222 g/mol. The molecule has 16 heavy (non-hydrogen) atoms. The van der Waals surface area contributed by atoms with Gasteiger partial charge in [0.2, 0.25) is 0 Å². The SMILES string of the molecule is C=CC(=O)OCCOc1ccc(OC)cc1. The predicted octanol–water partition coefficient (Wildman–Crippen LogP) is 1.80. The van der Waals surface area contributed by atoms with Gasteiger partial charge in [0, 0.05) is 6.08 Å². The predicted molar refractivity (Wildman–Crippen MR) is 59.6 cm³/mol. The molecule has 0 aliphatic carbocycles. The highest BCUT2D eigenvalue weighted by atomic mass is 16.6. The van der Waals surface area contributed by atoms with Crippen molar-refractivity contribution in [2.75, 3.05) is 20.3 Å². The first-order valence-corrected chi connectivity index (χ1v) is 4.82. The maximum Gasteiger partial charge on any atom is 0.330 e. The molecule has 0 aliphatic rings. The Hall–Kier alpha value is -1.97. The van der Waals surface area contributed by atoms with Crippen molar-refractivity contribution in [1.29, 1.82) is 0 Å². The molecule has 0 fully saturated rings. The number of rotatable bonds is 6. The number of hydrogen-bond donors (Lipinski definition) is 0. The number of carbonyl (C=O) groups excluding carboxylic acids is 1. The van der Waals surface area contributed by atoms with Crippen LogP contribution in [0.5, 0.6) is 11.5 Å². The molecule has 1 aromatic rings. The molecule has 1 aromatic carbocycles. The van der Waals surface area contributed by atoms with Gasteiger partial charge in [0.15, 0.2) is 0 Å². The molecule has 0 atom stereocenters. The highest BCUT2D eigenvalue weighted by molar-refractivity contribution is 5.81. The van der Waals surface area contributed by atoms with E-state index >= 15 is 0 Å². The Morgan fingerprint density at radius 1 is 1.25 bits per heavy atom. The van der Waals surface area contributed by atoms with Gasteiger partial charge in [-0.3, -0.25) is 0 Å². The van der Waals surface area contributed by atoms with Crippen molar-refractivity contribution in [3.8, 4) is 11.5 Å². The number of hydrogen-bond acceptors (Lipinski definition) is 4. The van der Waals surface area contributed by atoms with Crippen molar-refractivity contribution >= 4 is 5.97 Å². The van der Waals surface area contributed by atoms with Gasteiger partial charge in [0.1, 0.15) is 24.7 Å². The minimum atomic E-state index is -0.446. The van der Waals surface area contributed by atoms with E-state index in [4.69, 9.17) is 14.2 Å². The van der Waals surface area contributed by atoms with Gasteiger partial charge in [-0.1, -0.05) is 6.58 Å². The summed E-state index contributed by atoms with van der Waals surface area (Å²) in [6.07, 6.45) is 1.12. The molecule has 0 spiro atoms. The van der Waals surface area contributed by atoms with Crippen LogP contribution in [0.4, 0.5) is 0 Å². The summed E-state index contributed by atoms with van der Waals surface area (Å²) in [6.45, 7) is 3.80. The van der Waals surface area contributed by atoms with Crippen molar-refractivity contribution < 1.29 is 19.0 Å². The lowest BCUT2D eigenvalue weighted by molar-refractivity contribution is -0.138. The van der Waals surface area contributed by atoms with Crippen LogP contribution in [-0.4, -0.2) is 26.3 Å². The second kappa shape index (κ2) is 6.50. The number of benzene rings is 1. The molecule has 0 saturated carbocycles. The maximum absolute atomic E-state index is 10.7. The Morgan fingerprint density at radius 3 is 2.44 bits per heavy atom. The fourth-order valence-corrected chi connectivity index (χ4v) is 1.03. The first-order valence-electron chi connectivity index (χ1n) is 4.82. The zero-order valence-corrected chi connectivity index (χ0v) is 9.14. The van der Waals surface area contributed by atoms with Crippen LogP contribution in [0.3, 0.4) is 0 Å². The minimum absolute atomic E-state index is 0.205. The third-order valence-corrected chi connectivity index (χ3v) is 1.82. The highest BCUT2D eigenvalue weighted by Gasteiger charge is 1.97. The molecule has 1 rings (SSSR count). The zero-order chi connectivity index (χ0) is 11.8. The molecule has 0 N–H and O–H groups in total. The van der Waals surface area contributed by atoms with Gasteiger partial charge >= 0.3 is 5.97 Å². The third kappa shape index (κ3) is 4.04. The van der Waals surface area contributed by atoms with Crippen LogP contribution in [0, 0.1) is 0 Å². The van der Waals surface area contributed by atoms with E-state index in [2.05, 4.69) is 6.58 Å². The minimum Gasteiger partial charge on any atom is -0.497 e. The summed E-state index contributed by atoms with van der Waals surface area (Å²) in [4.78, 5) is 10.7. The third-order valence-electron chi connectivity index (χ3n) is 1.82. The Balaban J connectivity index is 2.26. The van der Waals surface area contributed by atoms with Gasteiger partial charge in [-0.2, -0.15) is 0 Å². The molecule has 0 saturated heterocycles. The summed E-state index contributed by atoms with van der Waals surface area (Å²) in [5.41, 5.74) is 0. The van der Waals surface area contributed by atoms with Crippen molar-refractivity contribution in [3.63, 3.8) is 0 Å². The Kier molecular flexibility index (Phi) is 4.92. The van der Waals surface area contributed by atoms with Crippen LogP contribution in [0.15, 0.2) is 36.9 Å². The lowest BCUT2D eigenvalue weighted by Crippen LogP contribution is -2.10. The zero-order valence-electron chi connectivity index (χ0n) is 9.14. The molecule has 0 aliphatic heterocycles. The summed E-state index contributed by atoms with van der Waals surface area (Å²) in [5, 5.41) is 0. The summed E-state index contributed by atoms with van der Waals surface area (Å²) in [7, 11) is 1.60. The van der Waals surface area contributed by atoms with E-state index in [9.17, 15) is 4.79 Å². The van der Waals surface area contributed by atoms with Gasteiger partial charge < -0.3 is 14.2 Å². The van der Waals surface area contributed by atoms with E-state index in [0.29, 0.717) is 12.4 Å². The van der Waals surface area contributed by atoms with E-state index in [1.54, 1.807) is 31.4 Å². The molecule has 86 valence electrons. The first-order chi connectivity index (χ1) is 7.76. The van der Waals surface area contributed by atoms with Crippen molar-refractivity contribution in [1.82, 2.24) is 0 Å². The molecule has 4 heteroatoms. The molecule has 0 unspecified atom stereocenters. The van der Waals surface area contributed by atoms with Crippen molar-refractivity contribution in [2.24, 2.45) is 0 Å². The van der Waals surface area contributed by atoms with Crippen molar-refractivity contribution in [3.05, 3.63) is 36.9 Å². The molecule has 0 bridgehead atoms. The number of methoxy groups -OCH3 is 1. The van der Waals surface area contributed by atoms with Gasteiger partial charge in [0.05, 0.1) is 7.11 Å². The monoisotopic (exact) mass is 222 g/mol. The summed E-state index contributed by atoms with van der Waals surface area (Å²) in [6, 6.07) is 7.17. The van der Waals surface area contributed by atoms with Crippen LogP contribution in [0.25, 0.3) is 0 Å². The Morgan fingerprint density at radius 2 is 1.88 bits per heavy atom. The molecule has 0 aromatic heterocycles. The Labute approximate surface area is 94.4 Å². The maximum atomic E-state index is 10.7. The van der Waals surface area contributed by atoms with E-state index < -0.39 is 5.97 Å². The molecule has 4 nitrogen and oxygen atoms in total. The van der Waals surface area contributed by atoms with Crippen molar-refractivity contribution in [2.45, 2.75) is 0 Å². The molecule has 0 radical (unpaired) electrons. The molecule has 0 heterocycles. The van der Waals surface area contributed by atoms with Gasteiger partial charge in [-0.05, 0) is 24.3 Å². The number of esters is 1. The van der Waals surface area contributed by atoms with Gasteiger partial charge in [-0.15, -0.1) is 0 Å². The summed E-state index contributed by atoms with van der Waals surface area (Å²) in [5.74, 6) is 1.03. The molecular weight excluding hydrogens is 208 g/mol. The fraction of sp³-hybridized carbons (Fsp3) is 0.250. The largest absolute Gasteiger partial charge is 0.497 e. The standard InChI is InChI=1S/C12H14O4/c1-3-12(13)16-9-8-15-11-6-4-10(14-2)5-7-11/h3-7H,1,8-9H2,2H3. The second-order valence-corrected chi connectivity index (χ2v) is 2.90. The summed E-state index contributed by atoms with van der Waals surface area (Å²) < 4.78 is 15.1. The van der Waals surface area contributed by atoms with Crippen LogP contribution < -0.4 is 9.47 Å². The van der Waals surface area contributed by atoms with Gasteiger partial charge in [0.25, 0.3) is 0 Å². The summed E-state index contributed by atoms with van der Waals surface area (Å²) >= 11 is 0. The van der Waals surface area contributed by atoms with E-state index in [1.807, 2.05) is 0 Å². The van der Waals surface area contributed by atoms with Gasteiger partial charge in [-0.25, -0.2) is 4.79 Å². The lowest BCUT2D eigenvalue weighted by atomic mass is 10.3. The van der Waals surface area contributed by atoms with Crippen LogP contribution in [0.2, 0.25) is 0 Å². The van der Waals surface area contributed by atoms with Crippen LogP contribution in [0.1, 0.15) is 0 Å². The van der Waals surface area contributed by atoms with Crippen LogP contribution >= 0.6 is 0 Å². The number of ether oxygens (including phenoxy) is 3. The second-order valence-electron chi connectivity index (χ2n) is 2.90.